The molecule has 0 atom stereocenters. The van der Waals surface area contributed by atoms with Crippen LogP contribution in [0.5, 0.6) is 11.5 Å². The summed E-state index contributed by atoms with van der Waals surface area (Å²) in [6.07, 6.45) is 0. The molecular weight excluding hydrogens is 296 g/mol. The lowest BCUT2D eigenvalue weighted by molar-refractivity contribution is -0.136. The minimum atomic E-state index is -1.18. The Morgan fingerprint density at radius 1 is 1.00 bits per heavy atom. The average Bonchev–Trinajstić information content (AvgIpc) is 2.47. The molecule has 0 heterocycles. The van der Waals surface area contributed by atoms with E-state index in [1.54, 1.807) is 36.4 Å². The first-order valence-corrected chi connectivity index (χ1v) is 6.36. The molecule has 0 fully saturated rings. The number of esters is 1. The van der Waals surface area contributed by atoms with Gasteiger partial charge in [-0.05, 0) is 24.3 Å². The van der Waals surface area contributed by atoms with Gasteiger partial charge in [0.2, 0.25) is 0 Å². The third kappa shape index (κ3) is 3.97. The van der Waals surface area contributed by atoms with E-state index in [-0.39, 0.29) is 17.9 Å². The van der Waals surface area contributed by atoms with E-state index in [2.05, 4.69) is 0 Å². The summed E-state index contributed by atoms with van der Waals surface area (Å²) in [7, 11) is 0. The number of benzene rings is 2. The van der Waals surface area contributed by atoms with Crippen LogP contribution in [0.3, 0.4) is 0 Å². The fraction of sp³-hybridized carbons (Fsp3) is 0.0667. The van der Waals surface area contributed by atoms with Gasteiger partial charge in [-0.2, -0.15) is 0 Å². The summed E-state index contributed by atoms with van der Waals surface area (Å²) >= 11 is 5.88. The molecule has 0 aromatic heterocycles. The molecule has 21 heavy (non-hydrogen) atoms. The number of carbonyl (C=O) groups excluding carboxylic acids is 1. The van der Waals surface area contributed by atoms with Crippen LogP contribution < -0.4 is 9.47 Å². The van der Waals surface area contributed by atoms with Crippen LogP contribution in [0.2, 0.25) is 5.02 Å². The molecule has 0 unspecified atom stereocenters. The number of rotatable bonds is 5. The summed E-state index contributed by atoms with van der Waals surface area (Å²) in [5.41, 5.74) is -0.0939. The summed E-state index contributed by atoms with van der Waals surface area (Å²) in [6.45, 7) is -0.377. The predicted molar refractivity (Wildman–Crippen MR) is 76.0 cm³/mol. The van der Waals surface area contributed by atoms with E-state index in [4.69, 9.17) is 26.2 Å². The number of carboxylic acid groups (broad SMARTS) is 1. The Morgan fingerprint density at radius 2 is 1.62 bits per heavy atom. The maximum absolute atomic E-state index is 11.7. The van der Waals surface area contributed by atoms with Gasteiger partial charge in [0, 0.05) is 0 Å². The second-order valence-corrected chi connectivity index (χ2v) is 4.40. The normalized spacial score (nSPS) is 9.95. The molecule has 2 aromatic carbocycles. The number of hydrogen-bond donors (Lipinski definition) is 1. The first kappa shape index (κ1) is 14.9. The van der Waals surface area contributed by atoms with Crippen LogP contribution in [-0.4, -0.2) is 23.7 Å². The molecule has 0 aliphatic heterocycles. The van der Waals surface area contributed by atoms with Gasteiger partial charge in [-0.3, -0.25) is 0 Å². The van der Waals surface area contributed by atoms with Crippen LogP contribution in [0.4, 0.5) is 0 Å². The van der Waals surface area contributed by atoms with Crippen molar-refractivity contribution in [2.24, 2.45) is 0 Å². The highest BCUT2D eigenvalue weighted by atomic mass is 35.5. The van der Waals surface area contributed by atoms with Crippen molar-refractivity contribution in [1.82, 2.24) is 0 Å². The van der Waals surface area contributed by atoms with Gasteiger partial charge in [-0.15, -0.1) is 0 Å². The van der Waals surface area contributed by atoms with E-state index in [1.807, 2.05) is 0 Å². The van der Waals surface area contributed by atoms with Crippen molar-refractivity contribution in [3.63, 3.8) is 0 Å². The fourth-order valence-corrected chi connectivity index (χ4v) is 1.77. The zero-order chi connectivity index (χ0) is 15.2. The number of hydrogen-bond acceptors (Lipinski definition) is 4. The Kier molecular flexibility index (Phi) is 4.79. The lowest BCUT2D eigenvalue weighted by Crippen LogP contribution is -2.19. The topological polar surface area (TPSA) is 72.8 Å². The van der Waals surface area contributed by atoms with Gasteiger partial charge >= 0.3 is 11.9 Å². The van der Waals surface area contributed by atoms with Crippen molar-refractivity contribution < 1.29 is 24.2 Å². The van der Waals surface area contributed by atoms with Crippen LogP contribution in [0, 0.1) is 0 Å². The standard InChI is InChI=1S/C15H11ClO5/c16-11-6-2-4-8-13(11)20-9-14(17)21-12-7-3-1-5-10(12)15(18)19/h1-8H,9H2,(H,18,19). The summed E-state index contributed by atoms with van der Waals surface area (Å²) in [5.74, 6) is -1.57. The second-order valence-electron chi connectivity index (χ2n) is 3.99. The van der Waals surface area contributed by atoms with E-state index >= 15 is 0 Å². The molecular formula is C15H11ClO5. The van der Waals surface area contributed by atoms with E-state index < -0.39 is 11.9 Å². The number of carbonyl (C=O) groups is 2. The lowest BCUT2D eigenvalue weighted by atomic mass is 10.2. The molecule has 2 aromatic rings. The molecule has 2 rings (SSSR count). The highest BCUT2D eigenvalue weighted by Gasteiger charge is 2.14. The second kappa shape index (κ2) is 6.76. The van der Waals surface area contributed by atoms with E-state index in [0.29, 0.717) is 10.8 Å². The SMILES string of the molecule is O=C(COc1ccccc1Cl)Oc1ccccc1C(=O)O. The van der Waals surface area contributed by atoms with Gasteiger partial charge in [0.1, 0.15) is 17.1 Å². The highest BCUT2D eigenvalue weighted by Crippen LogP contribution is 2.23. The molecule has 108 valence electrons. The fourth-order valence-electron chi connectivity index (χ4n) is 1.58. The van der Waals surface area contributed by atoms with Crippen molar-refractivity contribution in [3.05, 3.63) is 59.1 Å². The van der Waals surface area contributed by atoms with E-state index in [9.17, 15) is 9.59 Å². The Morgan fingerprint density at radius 3 is 2.29 bits per heavy atom. The monoisotopic (exact) mass is 306 g/mol. The molecule has 0 bridgehead atoms. The average molecular weight is 307 g/mol. The van der Waals surface area contributed by atoms with Crippen LogP contribution in [0.15, 0.2) is 48.5 Å². The Bertz CT molecular complexity index is 669. The van der Waals surface area contributed by atoms with Gasteiger partial charge < -0.3 is 14.6 Å². The molecule has 0 saturated carbocycles. The molecule has 0 spiro atoms. The summed E-state index contributed by atoms with van der Waals surface area (Å²) in [6, 6.07) is 12.5. The van der Waals surface area contributed by atoms with Crippen molar-refractivity contribution >= 4 is 23.5 Å². The number of ether oxygens (including phenoxy) is 2. The third-order valence-electron chi connectivity index (χ3n) is 2.52. The third-order valence-corrected chi connectivity index (χ3v) is 2.84. The minimum absolute atomic E-state index is 0.0299. The summed E-state index contributed by atoms with van der Waals surface area (Å²) in [4.78, 5) is 22.7. The Labute approximate surface area is 125 Å². The molecule has 5 nitrogen and oxygen atoms in total. The molecule has 1 N–H and O–H groups in total. The maximum atomic E-state index is 11.7. The van der Waals surface area contributed by atoms with Crippen molar-refractivity contribution in [3.8, 4) is 11.5 Å². The molecule has 0 aliphatic rings. The Hall–Kier alpha value is -2.53. The summed E-state index contributed by atoms with van der Waals surface area (Å²) < 4.78 is 10.2. The van der Waals surface area contributed by atoms with Gasteiger partial charge in [0.05, 0.1) is 5.02 Å². The smallest absolute Gasteiger partial charge is 0.349 e. The number of aromatic carboxylic acids is 1. The minimum Gasteiger partial charge on any atom is -0.480 e. The van der Waals surface area contributed by atoms with Crippen molar-refractivity contribution in [2.75, 3.05) is 6.61 Å². The number of carboxylic acids is 1. The van der Waals surface area contributed by atoms with Crippen LogP contribution in [0.25, 0.3) is 0 Å². The predicted octanol–water partition coefficient (Wildman–Crippen LogP) is 3.02. The van der Waals surface area contributed by atoms with Crippen LogP contribution in [-0.2, 0) is 4.79 Å². The van der Waals surface area contributed by atoms with Crippen molar-refractivity contribution in [2.45, 2.75) is 0 Å². The lowest BCUT2D eigenvalue weighted by Gasteiger charge is -2.09. The van der Waals surface area contributed by atoms with Crippen LogP contribution in [0.1, 0.15) is 10.4 Å². The largest absolute Gasteiger partial charge is 0.480 e. The van der Waals surface area contributed by atoms with Gasteiger partial charge in [0.25, 0.3) is 0 Å². The van der Waals surface area contributed by atoms with Gasteiger partial charge in [0.15, 0.2) is 6.61 Å². The van der Waals surface area contributed by atoms with Gasteiger partial charge in [-0.1, -0.05) is 35.9 Å². The molecule has 0 amide bonds. The Balaban J connectivity index is 2.00. The van der Waals surface area contributed by atoms with E-state index in [0.717, 1.165) is 0 Å². The number of para-hydroxylation sites is 2. The van der Waals surface area contributed by atoms with E-state index in [1.165, 1.54) is 12.1 Å². The quantitative estimate of drug-likeness (QED) is 0.679. The molecule has 0 aliphatic carbocycles. The van der Waals surface area contributed by atoms with Crippen molar-refractivity contribution in [1.29, 1.82) is 0 Å². The zero-order valence-electron chi connectivity index (χ0n) is 10.8. The molecule has 0 saturated heterocycles. The molecule has 0 radical (unpaired) electrons. The first-order valence-electron chi connectivity index (χ1n) is 5.98. The maximum Gasteiger partial charge on any atom is 0.349 e. The first-order chi connectivity index (χ1) is 10.1. The molecule has 6 heteroatoms. The zero-order valence-corrected chi connectivity index (χ0v) is 11.5. The van der Waals surface area contributed by atoms with Gasteiger partial charge in [-0.25, -0.2) is 9.59 Å². The summed E-state index contributed by atoms with van der Waals surface area (Å²) in [5, 5.41) is 9.35. The van der Waals surface area contributed by atoms with Crippen LogP contribution >= 0.6 is 11.6 Å². The number of halogens is 1. The highest BCUT2D eigenvalue weighted by molar-refractivity contribution is 6.32.